The van der Waals surface area contributed by atoms with Gasteiger partial charge in [0.1, 0.15) is 10.7 Å². The second-order valence-corrected chi connectivity index (χ2v) is 8.91. The van der Waals surface area contributed by atoms with E-state index in [1.165, 1.54) is 0 Å². The van der Waals surface area contributed by atoms with Gasteiger partial charge in [-0.1, -0.05) is 43.6 Å². The molecule has 0 fully saturated rings. The number of nitrogens with zero attached hydrogens (tertiary/aromatic N) is 1. The molecule has 0 aliphatic carbocycles. The molecule has 0 saturated heterocycles. The molecule has 3 aromatic rings. The van der Waals surface area contributed by atoms with Gasteiger partial charge in [0.05, 0.1) is 17.9 Å². The average Bonchev–Trinajstić information content (AvgIpc) is 3.15. The van der Waals surface area contributed by atoms with Crippen LogP contribution in [0.15, 0.2) is 83.5 Å². The molecule has 1 aliphatic rings. The van der Waals surface area contributed by atoms with Crippen LogP contribution in [0, 0.1) is 0 Å². The number of hydrogen-bond acceptors (Lipinski definition) is 6. The Balaban J connectivity index is 1.42. The number of aryl methyl sites for hydroxylation is 1. The lowest BCUT2D eigenvalue weighted by Crippen LogP contribution is -2.32. The van der Waals surface area contributed by atoms with Gasteiger partial charge in [0, 0.05) is 16.9 Å². The number of amides is 3. The highest BCUT2D eigenvalue weighted by molar-refractivity contribution is 6.53. The predicted molar refractivity (Wildman–Crippen MR) is 146 cm³/mol. The molecule has 3 aromatic carbocycles. The molecule has 1 heterocycles. The number of imide groups is 1. The molecule has 38 heavy (non-hydrogen) atoms. The first kappa shape index (κ1) is 26.6. The fourth-order valence-corrected chi connectivity index (χ4v) is 3.99. The standard InChI is InChI=1S/C29H26ClN3O5/c1-3-16-38-29(37)20-6-5-7-22(17-20)32-26(34)19-10-12-21(13-11-19)31-25-24(30)27(35)33(28(25)36)23-14-8-18(4-2)9-15-23/h5-15,17,31H,3-4,16H2,1-2H3,(H,32,34). The molecule has 3 amide bonds. The summed E-state index contributed by atoms with van der Waals surface area (Å²) >= 11 is 6.22. The van der Waals surface area contributed by atoms with Crippen molar-refractivity contribution < 1.29 is 23.9 Å². The number of esters is 1. The quantitative estimate of drug-likeness (QED) is 0.279. The van der Waals surface area contributed by atoms with E-state index in [0.29, 0.717) is 41.2 Å². The van der Waals surface area contributed by atoms with Crippen molar-refractivity contribution in [1.29, 1.82) is 0 Å². The number of carbonyl (C=O) groups excluding carboxylic acids is 4. The largest absolute Gasteiger partial charge is 0.462 e. The van der Waals surface area contributed by atoms with E-state index in [0.717, 1.165) is 16.9 Å². The topological polar surface area (TPSA) is 105 Å². The van der Waals surface area contributed by atoms with Gasteiger partial charge >= 0.3 is 5.97 Å². The summed E-state index contributed by atoms with van der Waals surface area (Å²) in [6.45, 7) is 4.24. The fraction of sp³-hybridized carbons (Fsp3) is 0.172. The molecule has 0 bridgehead atoms. The molecule has 0 atom stereocenters. The molecule has 0 spiro atoms. The average molecular weight is 532 g/mol. The minimum absolute atomic E-state index is 0.0415. The molecule has 0 unspecified atom stereocenters. The maximum Gasteiger partial charge on any atom is 0.338 e. The Morgan fingerprint density at radius 3 is 2.24 bits per heavy atom. The third-order valence-corrected chi connectivity index (χ3v) is 6.19. The van der Waals surface area contributed by atoms with Gasteiger partial charge in [-0.2, -0.15) is 0 Å². The van der Waals surface area contributed by atoms with Gasteiger partial charge in [-0.25, -0.2) is 9.69 Å². The Morgan fingerprint density at radius 2 is 1.58 bits per heavy atom. The van der Waals surface area contributed by atoms with E-state index in [4.69, 9.17) is 16.3 Å². The normalized spacial score (nSPS) is 13.1. The second kappa shape index (κ2) is 11.7. The van der Waals surface area contributed by atoms with Crippen molar-refractivity contribution in [2.24, 2.45) is 0 Å². The number of rotatable bonds is 9. The molecular weight excluding hydrogens is 506 g/mol. The zero-order valence-electron chi connectivity index (χ0n) is 20.9. The minimum atomic E-state index is -0.611. The molecule has 0 saturated carbocycles. The number of halogens is 1. The van der Waals surface area contributed by atoms with Crippen LogP contribution in [-0.2, 0) is 20.7 Å². The first-order valence-electron chi connectivity index (χ1n) is 12.2. The smallest absolute Gasteiger partial charge is 0.338 e. The van der Waals surface area contributed by atoms with Crippen molar-refractivity contribution in [2.45, 2.75) is 26.7 Å². The van der Waals surface area contributed by atoms with Crippen molar-refractivity contribution in [2.75, 3.05) is 22.1 Å². The Bertz CT molecular complexity index is 1410. The van der Waals surface area contributed by atoms with Crippen LogP contribution in [0.4, 0.5) is 17.1 Å². The molecule has 8 nitrogen and oxygen atoms in total. The minimum Gasteiger partial charge on any atom is -0.462 e. The fourth-order valence-electron chi connectivity index (χ4n) is 3.78. The van der Waals surface area contributed by atoms with E-state index >= 15 is 0 Å². The zero-order valence-corrected chi connectivity index (χ0v) is 21.7. The summed E-state index contributed by atoms with van der Waals surface area (Å²) in [7, 11) is 0. The van der Waals surface area contributed by atoms with Crippen LogP contribution in [0.1, 0.15) is 46.5 Å². The lowest BCUT2D eigenvalue weighted by Gasteiger charge is -2.15. The number of ether oxygens (including phenoxy) is 1. The SMILES string of the molecule is CCCOC(=O)c1cccc(NC(=O)c2ccc(NC3=C(Cl)C(=O)N(c4ccc(CC)cc4)C3=O)cc2)c1. The Morgan fingerprint density at radius 1 is 0.868 bits per heavy atom. The van der Waals surface area contributed by atoms with Crippen molar-refractivity contribution in [3.05, 3.63) is 100 Å². The molecule has 0 radical (unpaired) electrons. The van der Waals surface area contributed by atoms with Crippen LogP contribution < -0.4 is 15.5 Å². The first-order valence-corrected chi connectivity index (χ1v) is 12.5. The summed E-state index contributed by atoms with van der Waals surface area (Å²) in [5.74, 6) is -2.02. The predicted octanol–water partition coefficient (Wildman–Crippen LogP) is 5.50. The number of hydrogen-bond donors (Lipinski definition) is 2. The van der Waals surface area contributed by atoms with Gasteiger partial charge in [0.15, 0.2) is 0 Å². The maximum atomic E-state index is 13.0. The third-order valence-electron chi connectivity index (χ3n) is 5.84. The number of anilines is 3. The summed E-state index contributed by atoms with van der Waals surface area (Å²) in [6.07, 6.45) is 1.55. The van der Waals surface area contributed by atoms with Crippen molar-refractivity contribution in [3.63, 3.8) is 0 Å². The maximum absolute atomic E-state index is 13.0. The summed E-state index contributed by atoms with van der Waals surface area (Å²) in [6, 6.07) is 19.9. The van der Waals surface area contributed by atoms with Gasteiger partial charge in [-0.3, -0.25) is 14.4 Å². The third kappa shape index (κ3) is 5.76. The molecular formula is C29H26ClN3O5. The summed E-state index contributed by atoms with van der Waals surface area (Å²) in [4.78, 5) is 51.5. The van der Waals surface area contributed by atoms with Crippen LogP contribution >= 0.6 is 11.6 Å². The van der Waals surface area contributed by atoms with Crippen molar-refractivity contribution in [3.8, 4) is 0 Å². The molecule has 194 valence electrons. The van der Waals surface area contributed by atoms with Crippen molar-refractivity contribution >= 4 is 52.4 Å². The Hall–Kier alpha value is -4.43. The summed E-state index contributed by atoms with van der Waals surface area (Å²) in [5.41, 5.74) is 3.08. The molecule has 9 heteroatoms. The highest BCUT2D eigenvalue weighted by Crippen LogP contribution is 2.30. The highest BCUT2D eigenvalue weighted by Gasteiger charge is 2.38. The van der Waals surface area contributed by atoms with Crippen LogP contribution in [0.25, 0.3) is 0 Å². The second-order valence-electron chi connectivity index (χ2n) is 8.53. The summed E-state index contributed by atoms with van der Waals surface area (Å²) < 4.78 is 5.13. The van der Waals surface area contributed by atoms with E-state index in [9.17, 15) is 19.2 Å². The van der Waals surface area contributed by atoms with Gasteiger partial charge in [0.2, 0.25) is 0 Å². The monoisotopic (exact) mass is 531 g/mol. The first-order chi connectivity index (χ1) is 18.3. The van der Waals surface area contributed by atoms with Crippen LogP contribution in [0.3, 0.4) is 0 Å². The summed E-state index contributed by atoms with van der Waals surface area (Å²) in [5, 5.41) is 5.44. The number of benzene rings is 3. The van der Waals surface area contributed by atoms with Crippen molar-refractivity contribution in [1.82, 2.24) is 0 Å². The number of nitrogens with one attached hydrogen (secondary N) is 2. The Kier molecular flexibility index (Phi) is 8.23. The zero-order chi connectivity index (χ0) is 27.2. The van der Waals surface area contributed by atoms with Crippen LogP contribution in [0.2, 0.25) is 0 Å². The van der Waals surface area contributed by atoms with E-state index in [2.05, 4.69) is 10.6 Å². The molecule has 4 rings (SSSR count). The number of carbonyl (C=O) groups is 4. The lowest BCUT2D eigenvalue weighted by molar-refractivity contribution is -0.120. The van der Waals surface area contributed by atoms with E-state index in [1.807, 2.05) is 26.0 Å². The highest BCUT2D eigenvalue weighted by atomic mass is 35.5. The molecule has 1 aliphatic heterocycles. The van der Waals surface area contributed by atoms with E-state index in [-0.39, 0.29) is 16.6 Å². The lowest BCUT2D eigenvalue weighted by atomic mass is 10.1. The van der Waals surface area contributed by atoms with Gasteiger partial charge in [-0.05, 0) is 73.0 Å². The Labute approximate surface area is 225 Å². The van der Waals surface area contributed by atoms with Crippen LogP contribution in [-0.4, -0.2) is 30.3 Å². The molecule has 0 aromatic heterocycles. The van der Waals surface area contributed by atoms with Gasteiger partial charge < -0.3 is 15.4 Å². The van der Waals surface area contributed by atoms with E-state index in [1.54, 1.807) is 60.7 Å². The van der Waals surface area contributed by atoms with Gasteiger partial charge in [-0.15, -0.1) is 0 Å². The molecule has 2 N–H and O–H groups in total. The van der Waals surface area contributed by atoms with E-state index < -0.39 is 17.8 Å². The van der Waals surface area contributed by atoms with Crippen LogP contribution in [0.5, 0.6) is 0 Å². The van der Waals surface area contributed by atoms with Gasteiger partial charge in [0.25, 0.3) is 17.7 Å².